The van der Waals surface area contributed by atoms with Crippen molar-refractivity contribution in [1.29, 1.82) is 0 Å². The lowest BCUT2D eigenvalue weighted by Gasteiger charge is -2.26. The number of benzene rings is 2. The molecule has 2 aromatic carbocycles. The van der Waals surface area contributed by atoms with E-state index in [2.05, 4.69) is 5.32 Å². The minimum absolute atomic E-state index is 0.191. The van der Waals surface area contributed by atoms with Gasteiger partial charge in [0.2, 0.25) is 0 Å². The summed E-state index contributed by atoms with van der Waals surface area (Å²) in [7, 11) is 0. The summed E-state index contributed by atoms with van der Waals surface area (Å²) >= 11 is 0. The maximum atomic E-state index is 14.2. The summed E-state index contributed by atoms with van der Waals surface area (Å²) in [6.07, 6.45) is 2.06. The summed E-state index contributed by atoms with van der Waals surface area (Å²) in [6, 6.07) is 9.25. The van der Waals surface area contributed by atoms with Gasteiger partial charge in [-0.3, -0.25) is 0 Å². The zero-order chi connectivity index (χ0) is 16.7. The van der Waals surface area contributed by atoms with Crippen LogP contribution in [0, 0.1) is 11.6 Å². The molecule has 2 aliphatic rings. The van der Waals surface area contributed by atoms with Crippen molar-refractivity contribution in [3.63, 3.8) is 0 Å². The zero-order valence-corrected chi connectivity index (χ0v) is 13.4. The maximum absolute atomic E-state index is 14.2. The molecule has 0 bridgehead atoms. The first-order valence-electron chi connectivity index (χ1n) is 8.24. The Balaban J connectivity index is 1.70. The molecule has 3 nitrogen and oxygen atoms in total. The molecule has 0 saturated carbocycles. The summed E-state index contributed by atoms with van der Waals surface area (Å²) in [4.78, 5) is 0. The van der Waals surface area contributed by atoms with Crippen molar-refractivity contribution in [1.82, 2.24) is 5.32 Å². The molecule has 0 aliphatic carbocycles. The van der Waals surface area contributed by atoms with Gasteiger partial charge in [0, 0.05) is 18.6 Å². The lowest BCUT2D eigenvalue weighted by Crippen LogP contribution is -2.33. The number of hydrogen-bond donors (Lipinski definition) is 1. The molecule has 1 fully saturated rings. The van der Waals surface area contributed by atoms with E-state index < -0.39 is 17.4 Å². The molecule has 1 N–H and O–H groups in total. The molecule has 4 rings (SSSR count). The molecule has 24 heavy (non-hydrogen) atoms. The molecule has 1 atom stereocenters. The fourth-order valence-corrected chi connectivity index (χ4v) is 3.57. The molecule has 0 amide bonds. The molecule has 2 aromatic rings. The predicted octanol–water partition coefficient (Wildman–Crippen LogP) is 4.08. The van der Waals surface area contributed by atoms with Crippen LogP contribution in [0.4, 0.5) is 8.78 Å². The van der Waals surface area contributed by atoms with Crippen LogP contribution in [0.25, 0.3) is 0 Å². The average Bonchev–Trinajstić information content (AvgIpc) is 2.92. The van der Waals surface area contributed by atoms with Crippen LogP contribution < -0.4 is 14.8 Å². The van der Waals surface area contributed by atoms with Gasteiger partial charge in [-0.2, -0.15) is 0 Å². The SMILES string of the molecule is CC1(c2ccc(F)cc2F)Oc2cccc(C3CCNCC3)c2O1. The van der Waals surface area contributed by atoms with Gasteiger partial charge in [-0.05, 0) is 50.0 Å². The first kappa shape index (κ1) is 15.4. The molecule has 0 radical (unpaired) electrons. The molecule has 5 heteroatoms. The number of rotatable bonds is 2. The number of piperidine rings is 1. The highest BCUT2D eigenvalue weighted by atomic mass is 19.1. The van der Waals surface area contributed by atoms with E-state index in [1.165, 1.54) is 12.1 Å². The van der Waals surface area contributed by atoms with Gasteiger partial charge >= 0.3 is 0 Å². The highest BCUT2D eigenvalue weighted by Gasteiger charge is 2.42. The second kappa shape index (κ2) is 5.74. The first-order chi connectivity index (χ1) is 11.6. The van der Waals surface area contributed by atoms with Crippen molar-refractivity contribution in [3.8, 4) is 11.5 Å². The second-order valence-corrected chi connectivity index (χ2v) is 6.47. The largest absolute Gasteiger partial charge is 0.444 e. The van der Waals surface area contributed by atoms with Crippen molar-refractivity contribution in [3.05, 3.63) is 59.2 Å². The molecule has 126 valence electrons. The van der Waals surface area contributed by atoms with E-state index in [0.29, 0.717) is 17.4 Å². The van der Waals surface area contributed by atoms with Gasteiger partial charge < -0.3 is 14.8 Å². The lowest BCUT2D eigenvalue weighted by molar-refractivity contribution is -0.0712. The Labute approximate surface area is 139 Å². The fourth-order valence-electron chi connectivity index (χ4n) is 3.57. The number of nitrogens with one attached hydrogen (secondary N) is 1. The number of ether oxygens (including phenoxy) is 2. The summed E-state index contributed by atoms with van der Waals surface area (Å²) in [5, 5.41) is 3.35. The third kappa shape index (κ3) is 2.53. The van der Waals surface area contributed by atoms with E-state index in [1.54, 1.807) is 6.92 Å². The average molecular weight is 331 g/mol. The van der Waals surface area contributed by atoms with Crippen molar-refractivity contribution in [2.75, 3.05) is 13.1 Å². The maximum Gasteiger partial charge on any atom is 0.278 e. The number of halogens is 2. The fraction of sp³-hybridized carbons (Fsp3) is 0.368. The van der Waals surface area contributed by atoms with E-state index in [4.69, 9.17) is 9.47 Å². The van der Waals surface area contributed by atoms with Crippen LogP contribution in [-0.4, -0.2) is 13.1 Å². The quantitative estimate of drug-likeness (QED) is 0.900. The number of fused-ring (bicyclic) bond motifs is 1. The lowest BCUT2D eigenvalue weighted by atomic mass is 9.89. The number of hydrogen-bond acceptors (Lipinski definition) is 3. The highest BCUT2D eigenvalue weighted by Crippen LogP contribution is 2.49. The minimum Gasteiger partial charge on any atom is -0.444 e. The molecular weight excluding hydrogens is 312 g/mol. The van der Waals surface area contributed by atoms with Crippen molar-refractivity contribution >= 4 is 0 Å². The summed E-state index contributed by atoms with van der Waals surface area (Å²) < 4.78 is 39.4. The molecule has 0 aromatic heterocycles. The van der Waals surface area contributed by atoms with E-state index in [9.17, 15) is 8.78 Å². The highest BCUT2D eigenvalue weighted by molar-refractivity contribution is 5.52. The molecule has 2 aliphatic heterocycles. The molecular formula is C19H19F2NO2. The Hall–Kier alpha value is -2.14. The van der Waals surface area contributed by atoms with Crippen LogP contribution in [-0.2, 0) is 5.79 Å². The Morgan fingerprint density at radius 2 is 1.88 bits per heavy atom. The topological polar surface area (TPSA) is 30.5 Å². The van der Waals surface area contributed by atoms with Crippen molar-refractivity contribution in [2.24, 2.45) is 0 Å². The van der Waals surface area contributed by atoms with Gasteiger partial charge in [-0.15, -0.1) is 0 Å². The Bertz CT molecular complexity index is 774. The standard InChI is InChI=1S/C19H19F2NO2/c1-19(15-6-5-13(20)11-16(15)21)23-17-4-2-3-14(18(17)24-19)12-7-9-22-10-8-12/h2-6,11-12,22H,7-10H2,1H3. The normalized spacial score (nSPS) is 23.5. The van der Waals surface area contributed by atoms with Gasteiger partial charge in [0.25, 0.3) is 5.79 Å². The van der Waals surface area contributed by atoms with Gasteiger partial charge in [0.15, 0.2) is 11.5 Å². The van der Waals surface area contributed by atoms with Gasteiger partial charge in [-0.25, -0.2) is 8.78 Å². The summed E-state index contributed by atoms with van der Waals surface area (Å²) in [6.45, 7) is 3.60. The van der Waals surface area contributed by atoms with Crippen LogP contribution in [0.5, 0.6) is 11.5 Å². The second-order valence-electron chi connectivity index (χ2n) is 6.47. The third-order valence-corrected chi connectivity index (χ3v) is 4.81. The van der Waals surface area contributed by atoms with E-state index in [1.807, 2.05) is 18.2 Å². The van der Waals surface area contributed by atoms with Crippen LogP contribution in [0.2, 0.25) is 0 Å². The third-order valence-electron chi connectivity index (χ3n) is 4.81. The van der Waals surface area contributed by atoms with Crippen molar-refractivity contribution in [2.45, 2.75) is 31.5 Å². The molecule has 1 unspecified atom stereocenters. The van der Waals surface area contributed by atoms with Crippen LogP contribution in [0.1, 0.15) is 36.8 Å². The summed E-state index contributed by atoms with van der Waals surface area (Å²) in [5.74, 6) is -0.902. The van der Waals surface area contributed by atoms with Gasteiger partial charge in [0.1, 0.15) is 11.6 Å². The van der Waals surface area contributed by atoms with E-state index in [-0.39, 0.29) is 5.56 Å². The first-order valence-corrected chi connectivity index (χ1v) is 8.24. The van der Waals surface area contributed by atoms with E-state index in [0.717, 1.165) is 37.6 Å². The zero-order valence-electron chi connectivity index (χ0n) is 13.4. The van der Waals surface area contributed by atoms with Crippen LogP contribution in [0.3, 0.4) is 0 Å². The number of para-hydroxylation sites is 1. The van der Waals surface area contributed by atoms with Gasteiger partial charge in [0.05, 0.1) is 5.56 Å². The Morgan fingerprint density at radius 1 is 1.08 bits per heavy atom. The summed E-state index contributed by atoms with van der Waals surface area (Å²) in [5.41, 5.74) is 1.29. The smallest absolute Gasteiger partial charge is 0.278 e. The van der Waals surface area contributed by atoms with Crippen LogP contribution in [0.15, 0.2) is 36.4 Å². The Kier molecular flexibility index (Phi) is 3.68. The molecule has 2 heterocycles. The van der Waals surface area contributed by atoms with Crippen LogP contribution >= 0.6 is 0 Å². The van der Waals surface area contributed by atoms with Gasteiger partial charge in [-0.1, -0.05) is 12.1 Å². The molecule has 0 spiro atoms. The Morgan fingerprint density at radius 3 is 2.62 bits per heavy atom. The minimum atomic E-state index is -1.29. The predicted molar refractivity (Wildman–Crippen MR) is 86.3 cm³/mol. The van der Waals surface area contributed by atoms with E-state index >= 15 is 0 Å². The molecule has 1 saturated heterocycles. The van der Waals surface area contributed by atoms with Crippen molar-refractivity contribution < 1.29 is 18.3 Å². The monoisotopic (exact) mass is 331 g/mol.